The lowest BCUT2D eigenvalue weighted by Gasteiger charge is -2.32. The van der Waals surface area contributed by atoms with Gasteiger partial charge in [-0.15, -0.1) is 12.4 Å². The molecule has 1 aliphatic heterocycles. The maximum absolute atomic E-state index is 12.3. The van der Waals surface area contributed by atoms with E-state index >= 15 is 0 Å². The molecule has 1 aliphatic rings. The number of aliphatic hydroxyl groups excluding tert-OH is 1. The molecule has 1 amide bonds. The van der Waals surface area contributed by atoms with Crippen molar-refractivity contribution in [2.45, 2.75) is 58.8 Å². The highest BCUT2D eigenvalue weighted by Crippen LogP contribution is 2.29. The molecule has 1 fully saturated rings. The number of carboxylic acids is 1. The van der Waals surface area contributed by atoms with Crippen LogP contribution in [0.1, 0.15) is 37.8 Å². The van der Waals surface area contributed by atoms with Crippen molar-refractivity contribution in [3.05, 3.63) is 51.9 Å². The third-order valence-electron chi connectivity index (χ3n) is 7.11. The quantitative estimate of drug-likeness (QED) is 0.396. The number of hydrogen-bond acceptors (Lipinski definition) is 6. The number of nitrogens with one attached hydrogen (secondary N) is 1. The van der Waals surface area contributed by atoms with Gasteiger partial charge in [-0.2, -0.15) is 0 Å². The van der Waals surface area contributed by atoms with Crippen molar-refractivity contribution in [3.8, 4) is 11.4 Å². The number of piperidine rings is 1. The summed E-state index contributed by atoms with van der Waals surface area (Å²) in [5.41, 5.74) is 3.93. The van der Waals surface area contributed by atoms with E-state index in [-0.39, 0.29) is 36.3 Å². The van der Waals surface area contributed by atoms with E-state index in [0.717, 1.165) is 47.4 Å². The predicted molar refractivity (Wildman–Crippen MR) is 147 cm³/mol. The number of carbonyl (C=O) groups is 2. The molecule has 3 N–H and O–H groups in total. The van der Waals surface area contributed by atoms with Gasteiger partial charge in [-0.1, -0.05) is 6.07 Å². The van der Waals surface area contributed by atoms with Crippen molar-refractivity contribution in [2.24, 2.45) is 13.0 Å². The van der Waals surface area contributed by atoms with Crippen LogP contribution in [0.15, 0.2) is 35.3 Å². The second kappa shape index (κ2) is 12.1. The summed E-state index contributed by atoms with van der Waals surface area (Å²) in [4.78, 5) is 42.6. The van der Waals surface area contributed by atoms with Gasteiger partial charge in [0.2, 0.25) is 5.91 Å². The van der Waals surface area contributed by atoms with Crippen LogP contribution in [0.4, 0.5) is 0 Å². The van der Waals surface area contributed by atoms with Gasteiger partial charge in [-0.3, -0.25) is 19.7 Å². The Kier molecular flexibility index (Phi) is 9.35. The van der Waals surface area contributed by atoms with Crippen molar-refractivity contribution >= 4 is 35.3 Å². The summed E-state index contributed by atoms with van der Waals surface area (Å²) in [6.45, 7) is 7.20. The Morgan fingerprint density at radius 3 is 2.63 bits per heavy atom. The average Bonchev–Trinajstić information content (AvgIpc) is 3.19. The Bertz CT molecular complexity index is 1360. The number of aliphatic hydroxyl groups is 1. The van der Waals surface area contributed by atoms with Crippen molar-refractivity contribution in [2.75, 3.05) is 13.1 Å². The lowest BCUT2D eigenvalue weighted by atomic mass is 9.97. The Labute approximate surface area is 227 Å². The van der Waals surface area contributed by atoms with E-state index in [1.165, 1.54) is 6.92 Å². The number of carbonyl (C=O) groups excluding carboxylic acids is 1. The first-order chi connectivity index (χ1) is 17.5. The number of pyridine rings is 1. The molecule has 3 atom stereocenters. The second-order valence-electron chi connectivity index (χ2n) is 10.1. The molecule has 4 rings (SSSR count). The number of aliphatic carboxylic acids is 1. The molecule has 38 heavy (non-hydrogen) atoms. The monoisotopic (exact) mass is 545 g/mol. The largest absolute Gasteiger partial charge is 0.480 e. The number of imidazole rings is 1. The zero-order chi connectivity index (χ0) is 26.9. The summed E-state index contributed by atoms with van der Waals surface area (Å²) in [5, 5.41) is 22.1. The van der Waals surface area contributed by atoms with Crippen LogP contribution in [-0.4, -0.2) is 66.3 Å². The first kappa shape index (κ1) is 29.3. The van der Waals surface area contributed by atoms with Crippen LogP contribution >= 0.6 is 12.4 Å². The lowest BCUT2D eigenvalue weighted by molar-refractivity contribution is -0.142. The summed E-state index contributed by atoms with van der Waals surface area (Å²) < 4.78 is 3.71. The predicted octanol–water partition coefficient (Wildman–Crippen LogP) is 2.31. The summed E-state index contributed by atoms with van der Waals surface area (Å²) in [6, 6.07) is 6.55. The van der Waals surface area contributed by atoms with E-state index in [0.29, 0.717) is 18.7 Å². The fraction of sp³-hybridized carbons (Fsp3) is 0.481. The van der Waals surface area contributed by atoms with Crippen molar-refractivity contribution in [1.82, 2.24) is 24.3 Å². The summed E-state index contributed by atoms with van der Waals surface area (Å²) in [6.07, 6.45) is 2.68. The topological polar surface area (TPSA) is 130 Å². The first-order valence-electron chi connectivity index (χ1n) is 12.6. The zero-order valence-electron chi connectivity index (χ0n) is 22.2. The third-order valence-corrected chi connectivity index (χ3v) is 7.11. The maximum atomic E-state index is 12.3. The van der Waals surface area contributed by atoms with Gasteiger partial charge in [0.05, 0.1) is 17.1 Å². The number of rotatable bonds is 8. The van der Waals surface area contributed by atoms with Gasteiger partial charge < -0.3 is 24.2 Å². The van der Waals surface area contributed by atoms with Crippen molar-refractivity contribution in [1.29, 1.82) is 0 Å². The molecule has 2 aromatic heterocycles. The fourth-order valence-electron chi connectivity index (χ4n) is 5.13. The maximum Gasteiger partial charge on any atom is 0.323 e. The van der Waals surface area contributed by atoms with E-state index in [9.17, 15) is 24.6 Å². The molecule has 10 nitrogen and oxygen atoms in total. The second-order valence-corrected chi connectivity index (χ2v) is 10.1. The summed E-state index contributed by atoms with van der Waals surface area (Å²) in [7, 11) is 1.72. The highest BCUT2D eigenvalue weighted by Gasteiger charge is 2.25. The number of carboxylic acid groups (broad SMARTS) is 1. The average molecular weight is 546 g/mol. The smallest absolute Gasteiger partial charge is 0.323 e. The first-order valence-corrected chi connectivity index (χ1v) is 12.6. The Balaban J connectivity index is 0.00000400. The van der Waals surface area contributed by atoms with Crippen LogP contribution in [0.3, 0.4) is 0 Å². The van der Waals surface area contributed by atoms with Crippen LogP contribution < -0.4 is 10.9 Å². The molecule has 3 heterocycles. The summed E-state index contributed by atoms with van der Waals surface area (Å²) >= 11 is 0. The number of hydrogen-bond donors (Lipinski definition) is 3. The van der Waals surface area contributed by atoms with Crippen LogP contribution in [0.25, 0.3) is 22.4 Å². The van der Waals surface area contributed by atoms with Gasteiger partial charge in [0.1, 0.15) is 11.9 Å². The highest BCUT2D eigenvalue weighted by atomic mass is 35.5. The number of halogens is 1. The van der Waals surface area contributed by atoms with E-state index in [1.54, 1.807) is 31.7 Å². The van der Waals surface area contributed by atoms with Crippen LogP contribution in [0.2, 0.25) is 0 Å². The molecule has 0 radical (unpaired) electrons. The molecule has 0 unspecified atom stereocenters. The van der Waals surface area contributed by atoms with Crippen molar-refractivity contribution in [3.63, 3.8) is 0 Å². The molecule has 1 saturated heterocycles. The third kappa shape index (κ3) is 6.25. The molecular weight excluding hydrogens is 510 g/mol. The molecule has 11 heteroatoms. The molecule has 3 aromatic rings. The van der Waals surface area contributed by atoms with Gasteiger partial charge in [0, 0.05) is 57.5 Å². The van der Waals surface area contributed by atoms with E-state index in [2.05, 4.69) is 9.88 Å². The summed E-state index contributed by atoms with van der Waals surface area (Å²) in [5.74, 6) is -0.0451. The molecule has 0 saturated carbocycles. The lowest BCUT2D eigenvalue weighted by Crippen LogP contribution is -2.44. The van der Waals surface area contributed by atoms with Gasteiger partial charge in [-0.25, -0.2) is 4.98 Å². The number of likely N-dealkylation sites (tertiary alicyclic amines) is 1. The highest BCUT2D eigenvalue weighted by molar-refractivity contribution is 5.85. The molecule has 0 spiro atoms. The Morgan fingerprint density at radius 2 is 2.00 bits per heavy atom. The molecule has 206 valence electrons. The van der Waals surface area contributed by atoms with Crippen LogP contribution in [0, 0.1) is 12.8 Å². The number of aryl methyl sites for hydroxylation is 2. The number of benzene rings is 1. The fourth-order valence-corrected chi connectivity index (χ4v) is 5.13. The van der Waals surface area contributed by atoms with Crippen molar-refractivity contribution < 1.29 is 19.8 Å². The number of aromatic nitrogens is 3. The minimum atomic E-state index is -1.11. The van der Waals surface area contributed by atoms with E-state index in [1.807, 2.05) is 29.2 Å². The van der Waals surface area contributed by atoms with E-state index < -0.39 is 18.1 Å². The van der Waals surface area contributed by atoms with Crippen LogP contribution in [-0.2, 0) is 29.7 Å². The van der Waals surface area contributed by atoms with Gasteiger partial charge in [0.15, 0.2) is 0 Å². The van der Waals surface area contributed by atoms with Crippen LogP contribution in [0.5, 0.6) is 0 Å². The molecular formula is C27H36ClN5O5. The number of amides is 1. The van der Waals surface area contributed by atoms with Gasteiger partial charge >= 0.3 is 5.97 Å². The Hall–Kier alpha value is -3.21. The molecule has 0 bridgehead atoms. The zero-order valence-corrected chi connectivity index (χ0v) is 23.0. The normalized spacial score (nSPS) is 17.2. The molecule has 0 aliphatic carbocycles. The standard InChI is InChI=1S/C27H35N5O5.ClH/c1-16-10-21(15-30(4)26(16)35)25-29-22-8-7-19(12-28-24(17(2)33)27(36)37)11-23(22)32(25)14-20-6-5-9-31(13-20)18(3)34;/h7-8,10-11,15,17,20,24,28,33H,5-6,9,12-14H2,1-4H3,(H,36,37);1H/t17-,20+,24+;/m1./s1. The van der Waals surface area contributed by atoms with Gasteiger partial charge in [-0.05, 0) is 56.4 Å². The van der Waals surface area contributed by atoms with Gasteiger partial charge in [0.25, 0.3) is 5.56 Å². The van der Waals surface area contributed by atoms with E-state index in [4.69, 9.17) is 4.98 Å². The minimum Gasteiger partial charge on any atom is -0.480 e. The number of fused-ring (bicyclic) bond motifs is 1. The SMILES string of the molecule is CC(=O)N1CCC[C@H](Cn2c(-c3cc(C)c(=O)n(C)c3)nc3ccc(CN[C@H](C(=O)O)[C@@H](C)O)cc32)C1.Cl. The molecule has 1 aromatic carbocycles. The number of nitrogens with zero attached hydrogens (tertiary/aromatic N) is 4. The minimum absolute atomic E-state index is 0. The Morgan fingerprint density at radius 1 is 1.26 bits per heavy atom.